The van der Waals surface area contributed by atoms with Gasteiger partial charge in [0.2, 0.25) is 0 Å². The van der Waals surface area contributed by atoms with Gasteiger partial charge in [-0.15, -0.1) is 0 Å². The van der Waals surface area contributed by atoms with Crippen molar-refractivity contribution in [2.45, 2.75) is 6.92 Å². The molecule has 2 aromatic rings. The van der Waals surface area contributed by atoms with Crippen LogP contribution in [0.1, 0.15) is 16.1 Å². The average Bonchev–Trinajstić information content (AvgIpc) is 2.33. The molecule has 1 heterocycles. The highest BCUT2D eigenvalue weighted by molar-refractivity contribution is 5.90. The van der Waals surface area contributed by atoms with Crippen LogP contribution in [-0.2, 0) is 0 Å². The summed E-state index contributed by atoms with van der Waals surface area (Å²) in [6.07, 6.45) is 1.15. The average molecular weight is 265 g/mol. The summed E-state index contributed by atoms with van der Waals surface area (Å²) in [4.78, 5) is 14.8. The summed E-state index contributed by atoms with van der Waals surface area (Å²) >= 11 is 0. The van der Waals surface area contributed by atoms with Crippen molar-refractivity contribution in [3.05, 3.63) is 53.4 Å². The zero-order valence-electron chi connectivity index (χ0n) is 9.85. The van der Waals surface area contributed by atoms with Gasteiger partial charge in [0.05, 0.1) is 0 Å². The maximum absolute atomic E-state index is 13.0. The number of carboxylic acids is 1. The van der Waals surface area contributed by atoms with Crippen molar-refractivity contribution in [3.63, 3.8) is 0 Å². The van der Waals surface area contributed by atoms with Gasteiger partial charge in [-0.2, -0.15) is 0 Å². The van der Waals surface area contributed by atoms with E-state index in [0.29, 0.717) is 5.69 Å². The Hall–Kier alpha value is -2.50. The number of hydrogen-bond donors (Lipinski definition) is 1. The molecule has 0 saturated heterocycles. The zero-order chi connectivity index (χ0) is 14.0. The van der Waals surface area contributed by atoms with E-state index >= 15 is 0 Å². The largest absolute Gasteiger partial charge is 0.477 e. The number of carboxylic acid groups (broad SMARTS) is 1. The van der Waals surface area contributed by atoms with Crippen LogP contribution in [0.3, 0.4) is 0 Å². The minimum absolute atomic E-state index is 0.00648. The normalized spacial score (nSPS) is 10.3. The second-order valence-electron chi connectivity index (χ2n) is 3.80. The first-order valence-corrected chi connectivity index (χ1v) is 5.30. The first-order chi connectivity index (χ1) is 8.97. The van der Waals surface area contributed by atoms with Crippen molar-refractivity contribution in [1.82, 2.24) is 4.98 Å². The quantitative estimate of drug-likeness (QED) is 0.926. The van der Waals surface area contributed by atoms with E-state index in [0.717, 1.165) is 18.3 Å². The van der Waals surface area contributed by atoms with E-state index in [1.807, 2.05) is 0 Å². The molecule has 0 saturated carbocycles. The van der Waals surface area contributed by atoms with E-state index in [1.54, 1.807) is 6.92 Å². The fraction of sp³-hybridized carbons (Fsp3) is 0.0769. The van der Waals surface area contributed by atoms with Gasteiger partial charge in [0, 0.05) is 24.0 Å². The predicted molar refractivity (Wildman–Crippen MR) is 62.4 cm³/mol. The van der Waals surface area contributed by atoms with Gasteiger partial charge in [-0.25, -0.2) is 13.6 Å². The van der Waals surface area contributed by atoms with Crippen molar-refractivity contribution >= 4 is 5.97 Å². The lowest BCUT2D eigenvalue weighted by Crippen LogP contribution is -2.02. The molecule has 0 bridgehead atoms. The Morgan fingerprint density at radius 3 is 2.63 bits per heavy atom. The van der Waals surface area contributed by atoms with Gasteiger partial charge in [0.25, 0.3) is 0 Å². The van der Waals surface area contributed by atoms with Crippen LogP contribution in [0.15, 0.2) is 30.5 Å². The summed E-state index contributed by atoms with van der Waals surface area (Å²) in [7, 11) is 0. The standard InChI is InChI=1S/C13H9F2NO3/c1-7-4-12(9(6-16-7)13(17)18)19-8-2-3-10(14)11(15)5-8/h2-6H,1H3,(H,17,18). The van der Waals surface area contributed by atoms with Gasteiger partial charge in [-0.05, 0) is 19.1 Å². The summed E-state index contributed by atoms with van der Waals surface area (Å²) in [6, 6.07) is 4.36. The smallest absolute Gasteiger partial charge is 0.341 e. The number of rotatable bonds is 3. The van der Waals surface area contributed by atoms with Gasteiger partial charge in [0.1, 0.15) is 17.1 Å². The van der Waals surface area contributed by atoms with Crippen molar-refractivity contribution in [2.75, 3.05) is 0 Å². The molecular weight excluding hydrogens is 256 g/mol. The number of hydrogen-bond acceptors (Lipinski definition) is 3. The molecule has 0 spiro atoms. The molecule has 6 heteroatoms. The molecule has 0 fully saturated rings. The second-order valence-corrected chi connectivity index (χ2v) is 3.80. The molecule has 0 aliphatic heterocycles. The molecule has 2 rings (SSSR count). The Kier molecular flexibility index (Phi) is 3.41. The number of nitrogens with zero attached hydrogens (tertiary/aromatic N) is 1. The lowest BCUT2D eigenvalue weighted by molar-refractivity contribution is 0.0693. The number of aryl methyl sites for hydroxylation is 1. The first-order valence-electron chi connectivity index (χ1n) is 5.30. The third-order valence-corrected chi connectivity index (χ3v) is 2.35. The third kappa shape index (κ3) is 2.85. The van der Waals surface area contributed by atoms with Gasteiger partial charge in [-0.1, -0.05) is 0 Å². The number of aromatic carboxylic acids is 1. The topological polar surface area (TPSA) is 59.4 Å². The van der Waals surface area contributed by atoms with Crippen LogP contribution >= 0.6 is 0 Å². The summed E-state index contributed by atoms with van der Waals surface area (Å²) in [5, 5.41) is 8.98. The van der Waals surface area contributed by atoms with E-state index in [9.17, 15) is 13.6 Å². The van der Waals surface area contributed by atoms with Crippen LogP contribution in [-0.4, -0.2) is 16.1 Å². The molecule has 0 unspecified atom stereocenters. The second kappa shape index (κ2) is 5.01. The SMILES string of the molecule is Cc1cc(Oc2ccc(F)c(F)c2)c(C(=O)O)cn1. The lowest BCUT2D eigenvalue weighted by atomic mass is 10.2. The lowest BCUT2D eigenvalue weighted by Gasteiger charge is -2.09. The summed E-state index contributed by atoms with van der Waals surface area (Å²) < 4.78 is 31.1. The highest BCUT2D eigenvalue weighted by atomic mass is 19.2. The van der Waals surface area contributed by atoms with E-state index in [4.69, 9.17) is 9.84 Å². The van der Waals surface area contributed by atoms with Crippen molar-refractivity contribution < 1.29 is 23.4 Å². The van der Waals surface area contributed by atoms with E-state index in [1.165, 1.54) is 12.1 Å². The van der Waals surface area contributed by atoms with Crippen molar-refractivity contribution in [2.24, 2.45) is 0 Å². The van der Waals surface area contributed by atoms with Crippen LogP contribution in [0.25, 0.3) is 0 Å². The van der Waals surface area contributed by atoms with Crippen LogP contribution in [0.2, 0.25) is 0 Å². The molecule has 0 radical (unpaired) electrons. The predicted octanol–water partition coefficient (Wildman–Crippen LogP) is 3.16. The molecule has 0 aliphatic rings. The number of ether oxygens (including phenoxy) is 1. The molecular formula is C13H9F2NO3. The Bertz CT molecular complexity index is 644. The van der Waals surface area contributed by atoms with E-state index in [2.05, 4.69) is 4.98 Å². The number of aromatic nitrogens is 1. The Morgan fingerprint density at radius 1 is 1.26 bits per heavy atom. The van der Waals surface area contributed by atoms with Crippen LogP contribution in [0, 0.1) is 18.6 Å². The third-order valence-electron chi connectivity index (χ3n) is 2.35. The van der Waals surface area contributed by atoms with Crippen LogP contribution < -0.4 is 4.74 Å². The Balaban J connectivity index is 2.39. The van der Waals surface area contributed by atoms with Crippen molar-refractivity contribution in [3.8, 4) is 11.5 Å². The van der Waals surface area contributed by atoms with E-state index < -0.39 is 17.6 Å². The highest BCUT2D eigenvalue weighted by Gasteiger charge is 2.14. The minimum Gasteiger partial charge on any atom is -0.477 e. The fourth-order valence-electron chi connectivity index (χ4n) is 1.45. The van der Waals surface area contributed by atoms with Crippen molar-refractivity contribution in [1.29, 1.82) is 0 Å². The van der Waals surface area contributed by atoms with Gasteiger partial charge in [0.15, 0.2) is 11.6 Å². The number of halogens is 2. The van der Waals surface area contributed by atoms with Gasteiger partial charge in [-0.3, -0.25) is 4.98 Å². The molecule has 1 aromatic carbocycles. The summed E-state index contributed by atoms with van der Waals surface area (Å²) in [5.74, 6) is -3.26. The number of carbonyl (C=O) groups is 1. The fourth-order valence-corrected chi connectivity index (χ4v) is 1.45. The van der Waals surface area contributed by atoms with E-state index in [-0.39, 0.29) is 17.1 Å². The molecule has 0 atom stereocenters. The summed E-state index contributed by atoms with van der Waals surface area (Å²) in [5.41, 5.74) is 0.387. The molecule has 0 amide bonds. The highest BCUT2D eigenvalue weighted by Crippen LogP contribution is 2.26. The maximum Gasteiger partial charge on any atom is 0.341 e. The van der Waals surface area contributed by atoms with Crippen LogP contribution in [0.5, 0.6) is 11.5 Å². The van der Waals surface area contributed by atoms with Crippen LogP contribution in [0.4, 0.5) is 8.78 Å². The molecule has 0 aliphatic carbocycles. The Labute approximate surface area is 107 Å². The van der Waals surface area contributed by atoms with Gasteiger partial charge < -0.3 is 9.84 Å². The number of benzene rings is 1. The van der Waals surface area contributed by atoms with Gasteiger partial charge >= 0.3 is 5.97 Å². The Morgan fingerprint density at radius 2 is 2.00 bits per heavy atom. The minimum atomic E-state index is -1.22. The molecule has 4 nitrogen and oxygen atoms in total. The maximum atomic E-state index is 13.0. The molecule has 98 valence electrons. The summed E-state index contributed by atoms with van der Waals surface area (Å²) in [6.45, 7) is 1.66. The first kappa shape index (κ1) is 12.9. The number of pyridine rings is 1. The monoisotopic (exact) mass is 265 g/mol. The molecule has 1 N–H and O–H groups in total. The molecule has 1 aromatic heterocycles. The zero-order valence-corrected chi connectivity index (χ0v) is 9.85. The molecule has 19 heavy (non-hydrogen) atoms.